The van der Waals surface area contributed by atoms with Crippen LogP contribution >= 0.6 is 0 Å². The zero-order valence-corrected chi connectivity index (χ0v) is 11.3. The number of carbonyl (C=O) groups excluding carboxylic acids is 1. The molecule has 0 aliphatic carbocycles. The lowest BCUT2D eigenvalue weighted by Gasteiger charge is -2.11. The van der Waals surface area contributed by atoms with Crippen molar-refractivity contribution in [1.82, 2.24) is 4.72 Å². The topological polar surface area (TPSA) is 75.3 Å². The smallest absolute Gasteiger partial charge is 0.240 e. The molecule has 1 aliphatic rings. The van der Waals surface area contributed by atoms with Gasteiger partial charge in [-0.05, 0) is 44.5 Å². The van der Waals surface area contributed by atoms with Crippen LogP contribution in [0, 0.1) is 0 Å². The summed E-state index contributed by atoms with van der Waals surface area (Å²) < 4.78 is 26.5. The van der Waals surface area contributed by atoms with Crippen molar-refractivity contribution in [2.45, 2.75) is 37.6 Å². The van der Waals surface area contributed by atoms with E-state index >= 15 is 0 Å². The first kappa shape index (κ1) is 13.0. The molecule has 1 atom stereocenters. The van der Waals surface area contributed by atoms with Crippen molar-refractivity contribution in [3.05, 3.63) is 23.8 Å². The van der Waals surface area contributed by atoms with Gasteiger partial charge >= 0.3 is 0 Å². The molecule has 0 spiro atoms. The minimum atomic E-state index is -3.51. The van der Waals surface area contributed by atoms with Crippen molar-refractivity contribution < 1.29 is 13.2 Å². The summed E-state index contributed by atoms with van der Waals surface area (Å²) in [6, 6.07) is 4.52. The van der Waals surface area contributed by atoms with Gasteiger partial charge in [-0.1, -0.05) is 0 Å². The second-order valence-electron chi connectivity index (χ2n) is 4.74. The Balaban J connectivity index is 2.42. The van der Waals surface area contributed by atoms with Crippen molar-refractivity contribution in [1.29, 1.82) is 0 Å². The number of hydrogen-bond donors (Lipinski definition) is 2. The summed E-state index contributed by atoms with van der Waals surface area (Å²) >= 11 is 0. The van der Waals surface area contributed by atoms with Crippen LogP contribution in [-0.2, 0) is 14.8 Å². The molecular weight excluding hydrogens is 252 g/mol. The molecule has 2 rings (SSSR count). The second kappa shape index (κ2) is 4.37. The molecule has 1 aromatic carbocycles. The average molecular weight is 268 g/mol. The van der Waals surface area contributed by atoms with E-state index in [1.807, 2.05) is 0 Å². The Hall–Kier alpha value is -1.40. The van der Waals surface area contributed by atoms with Gasteiger partial charge in [-0.25, -0.2) is 13.1 Å². The first-order valence-electron chi connectivity index (χ1n) is 5.78. The van der Waals surface area contributed by atoms with Crippen molar-refractivity contribution in [3.63, 3.8) is 0 Å². The molecule has 1 aromatic rings. The van der Waals surface area contributed by atoms with Crippen LogP contribution in [0.5, 0.6) is 0 Å². The van der Waals surface area contributed by atoms with Crippen LogP contribution < -0.4 is 10.0 Å². The van der Waals surface area contributed by atoms with Crippen molar-refractivity contribution in [2.24, 2.45) is 0 Å². The normalized spacial score (nSPS) is 18.9. The number of benzene rings is 1. The van der Waals surface area contributed by atoms with E-state index in [2.05, 4.69) is 10.0 Å². The molecule has 1 heterocycles. The molecule has 98 valence electrons. The Morgan fingerprint density at radius 2 is 2.00 bits per heavy atom. The van der Waals surface area contributed by atoms with Gasteiger partial charge in [-0.15, -0.1) is 0 Å². The van der Waals surface area contributed by atoms with E-state index in [1.165, 1.54) is 6.07 Å². The SMILES string of the molecule is CC(C)NS(=O)(=O)c1ccc2c(c1)C(C)C(=O)N2. The predicted molar refractivity (Wildman–Crippen MR) is 68.9 cm³/mol. The average Bonchev–Trinajstić information content (AvgIpc) is 2.53. The molecule has 0 aromatic heterocycles. The third-order valence-electron chi connectivity index (χ3n) is 2.84. The van der Waals surface area contributed by atoms with Crippen LogP contribution in [0.3, 0.4) is 0 Å². The van der Waals surface area contributed by atoms with Gasteiger partial charge in [0.15, 0.2) is 0 Å². The van der Waals surface area contributed by atoms with Crippen LogP contribution in [0.2, 0.25) is 0 Å². The summed E-state index contributed by atoms with van der Waals surface area (Å²) in [4.78, 5) is 11.7. The Morgan fingerprint density at radius 3 is 2.61 bits per heavy atom. The van der Waals surface area contributed by atoms with Crippen molar-refractivity contribution in [2.75, 3.05) is 5.32 Å². The lowest BCUT2D eigenvalue weighted by molar-refractivity contribution is -0.116. The van der Waals surface area contributed by atoms with Gasteiger partial charge in [0.25, 0.3) is 0 Å². The summed E-state index contributed by atoms with van der Waals surface area (Å²) in [5.41, 5.74) is 1.42. The highest BCUT2D eigenvalue weighted by molar-refractivity contribution is 7.89. The molecule has 1 unspecified atom stereocenters. The number of nitrogens with one attached hydrogen (secondary N) is 2. The fraction of sp³-hybridized carbons (Fsp3) is 0.417. The van der Waals surface area contributed by atoms with E-state index in [0.717, 1.165) is 5.56 Å². The van der Waals surface area contributed by atoms with E-state index in [9.17, 15) is 13.2 Å². The monoisotopic (exact) mass is 268 g/mol. The van der Waals surface area contributed by atoms with Gasteiger partial charge in [-0.2, -0.15) is 0 Å². The predicted octanol–water partition coefficient (Wildman–Crippen LogP) is 1.43. The van der Waals surface area contributed by atoms with Crippen LogP contribution in [0.4, 0.5) is 5.69 Å². The first-order valence-corrected chi connectivity index (χ1v) is 7.26. The van der Waals surface area contributed by atoms with Crippen LogP contribution in [0.15, 0.2) is 23.1 Å². The van der Waals surface area contributed by atoms with Gasteiger partial charge in [0, 0.05) is 11.7 Å². The minimum absolute atomic E-state index is 0.101. The van der Waals surface area contributed by atoms with E-state index < -0.39 is 10.0 Å². The van der Waals surface area contributed by atoms with Crippen LogP contribution in [-0.4, -0.2) is 20.4 Å². The molecule has 1 aliphatic heterocycles. The van der Waals surface area contributed by atoms with Crippen molar-refractivity contribution in [3.8, 4) is 0 Å². The lowest BCUT2D eigenvalue weighted by Crippen LogP contribution is -2.30. The molecule has 1 amide bonds. The third kappa shape index (κ3) is 2.26. The van der Waals surface area contributed by atoms with Gasteiger partial charge in [0.1, 0.15) is 0 Å². The summed E-state index contributed by atoms with van der Waals surface area (Å²) in [6.45, 7) is 5.28. The van der Waals surface area contributed by atoms with Crippen LogP contribution in [0.1, 0.15) is 32.3 Å². The number of fused-ring (bicyclic) bond motifs is 1. The highest BCUT2D eigenvalue weighted by Gasteiger charge is 2.28. The fourth-order valence-electron chi connectivity index (χ4n) is 1.94. The molecule has 18 heavy (non-hydrogen) atoms. The fourth-order valence-corrected chi connectivity index (χ4v) is 3.23. The maximum absolute atomic E-state index is 12.0. The molecule has 0 saturated carbocycles. The second-order valence-corrected chi connectivity index (χ2v) is 6.45. The number of carbonyl (C=O) groups is 1. The van der Waals surface area contributed by atoms with E-state index in [4.69, 9.17) is 0 Å². The zero-order valence-electron chi connectivity index (χ0n) is 10.5. The molecule has 5 nitrogen and oxygen atoms in total. The maximum atomic E-state index is 12.0. The molecule has 0 radical (unpaired) electrons. The van der Waals surface area contributed by atoms with Crippen molar-refractivity contribution >= 4 is 21.6 Å². The molecule has 0 saturated heterocycles. The molecule has 2 N–H and O–H groups in total. The molecule has 0 fully saturated rings. The Bertz CT molecular complexity index is 593. The third-order valence-corrected chi connectivity index (χ3v) is 4.50. The van der Waals surface area contributed by atoms with E-state index in [0.29, 0.717) is 5.69 Å². The van der Waals surface area contributed by atoms with Gasteiger partial charge in [0.05, 0.1) is 10.8 Å². The standard InChI is InChI=1S/C12H16N2O3S/c1-7(2)14-18(16,17)9-4-5-11-10(6-9)8(3)12(15)13-11/h4-8,14H,1-3H3,(H,13,15). The van der Waals surface area contributed by atoms with E-state index in [-0.39, 0.29) is 22.8 Å². The summed E-state index contributed by atoms with van der Waals surface area (Å²) in [5.74, 6) is -0.412. The Kier molecular flexibility index (Phi) is 3.16. The molecule has 0 bridgehead atoms. The zero-order chi connectivity index (χ0) is 13.5. The molecule has 6 heteroatoms. The summed E-state index contributed by atoms with van der Waals surface area (Å²) in [6.07, 6.45) is 0. The molecular formula is C12H16N2O3S. The highest BCUT2D eigenvalue weighted by atomic mass is 32.2. The summed E-state index contributed by atoms with van der Waals surface area (Å²) in [7, 11) is -3.51. The number of sulfonamides is 1. The number of hydrogen-bond acceptors (Lipinski definition) is 3. The minimum Gasteiger partial charge on any atom is -0.325 e. The van der Waals surface area contributed by atoms with E-state index in [1.54, 1.807) is 32.9 Å². The quantitative estimate of drug-likeness (QED) is 0.870. The Labute approximate surface area is 107 Å². The Morgan fingerprint density at radius 1 is 1.33 bits per heavy atom. The van der Waals surface area contributed by atoms with Gasteiger partial charge in [-0.3, -0.25) is 4.79 Å². The number of rotatable bonds is 3. The lowest BCUT2D eigenvalue weighted by atomic mass is 10.0. The first-order chi connectivity index (χ1) is 8.31. The maximum Gasteiger partial charge on any atom is 0.240 e. The van der Waals surface area contributed by atoms with Gasteiger partial charge < -0.3 is 5.32 Å². The van der Waals surface area contributed by atoms with Gasteiger partial charge in [0.2, 0.25) is 15.9 Å². The number of anilines is 1. The largest absolute Gasteiger partial charge is 0.325 e. The number of amides is 1. The highest BCUT2D eigenvalue weighted by Crippen LogP contribution is 2.33. The van der Waals surface area contributed by atoms with Crippen LogP contribution in [0.25, 0.3) is 0 Å². The summed E-state index contributed by atoms with van der Waals surface area (Å²) in [5, 5.41) is 2.71.